The maximum atomic E-state index is 13.4. The van der Waals surface area contributed by atoms with Gasteiger partial charge in [0, 0.05) is 17.8 Å². The van der Waals surface area contributed by atoms with Gasteiger partial charge in [0.05, 0.1) is 17.0 Å². The molecule has 2 amide bonds. The number of carbonyl (C=O) groups is 2. The maximum absolute atomic E-state index is 13.4. The number of nitro groups is 1. The molecule has 0 aliphatic carbocycles. The molecular weight excluding hydrogens is 406 g/mol. The van der Waals surface area contributed by atoms with Gasteiger partial charge in [0.25, 0.3) is 17.5 Å². The molecule has 0 saturated carbocycles. The largest absolute Gasteiger partial charge is 0.350 e. The summed E-state index contributed by atoms with van der Waals surface area (Å²) in [5.74, 6) is -0.881. The van der Waals surface area contributed by atoms with Crippen LogP contribution in [-0.2, 0) is 16.1 Å². The van der Waals surface area contributed by atoms with E-state index in [0.717, 1.165) is 22.4 Å². The summed E-state index contributed by atoms with van der Waals surface area (Å²) in [7, 11) is 0. The predicted molar refractivity (Wildman–Crippen MR) is 122 cm³/mol. The predicted octanol–water partition coefficient (Wildman–Crippen LogP) is 4.60. The molecule has 0 bridgehead atoms. The van der Waals surface area contributed by atoms with Crippen LogP contribution in [0.4, 0.5) is 11.4 Å². The lowest BCUT2D eigenvalue weighted by atomic mass is 10.0. The Morgan fingerprint density at radius 2 is 1.59 bits per heavy atom. The van der Waals surface area contributed by atoms with Crippen molar-refractivity contribution in [3.63, 3.8) is 0 Å². The van der Waals surface area contributed by atoms with Crippen molar-refractivity contribution in [3.8, 4) is 0 Å². The van der Waals surface area contributed by atoms with E-state index in [1.807, 2.05) is 62.4 Å². The Kier molecular flexibility index (Phi) is 5.55. The molecule has 1 aliphatic heterocycles. The summed E-state index contributed by atoms with van der Waals surface area (Å²) in [6.07, 6.45) is 0. The minimum absolute atomic E-state index is 0.0868. The van der Waals surface area contributed by atoms with Gasteiger partial charge in [-0.25, -0.2) is 0 Å². The first kappa shape index (κ1) is 21.0. The third-order valence-corrected chi connectivity index (χ3v) is 5.37. The molecule has 3 aromatic rings. The number of nitrogens with zero attached hydrogens (tertiary/aromatic N) is 2. The van der Waals surface area contributed by atoms with Gasteiger partial charge in [0.15, 0.2) is 0 Å². The van der Waals surface area contributed by atoms with E-state index in [1.54, 1.807) is 0 Å². The van der Waals surface area contributed by atoms with Gasteiger partial charge in [-0.1, -0.05) is 42.5 Å². The molecule has 1 heterocycles. The van der Waals surface area contributed by atoms with Crippen molar-refractivity contribution in [1.82, 2.24) is 4.90 Å². The number of nitro benzene ring substituents is 1. The average Bonchev–Trinajstić information content (AvgIpc) is 3.01. The van der Waals surface area contributed by atoms with E-state index in [9.17, 15) is 19.7 Å². The van der Waals surface area contributed by atoms with Crippen LogP contribution in [0.5, 0.6) is 0 Å². The zero-order chi connectivity index (χ0) is 22.8. The summed E-state index contributed by atoms with van der Waals surface area (Å²) in [4.78, 5) is 38.4. The first-order valence-electron chi connectivity index (χ1n) is 10.1. The molecule has 0 saturated heterocycles. The molecule has 1 aliphatic rings. The van der Waals surface area contributed by atoms with Crippen LogP contribution in [-0.4, -0.2) is 21.6 Å². The molecule has 0 spiro atoms. The molecule has 0 fully saturated rings. The van der Waals surface area contributed by atoms with Crippen LogP contribution < -0.4 is 5.32 Å². The number of anilines is 1. The number of hydrogen-bond acceptors (Lipinski definition) is 5. The number of nitrogens with one attached hydrogen (secondary N) is 1. The highest BCUT2D eigenvalue weighted by Crippen LogP contribution is 2.33. The number of benzene rings is 3. The Bertz CT molecular complexity index is 1250. The molecule has 0 aromatic heterocycles. The van der Waals surface area contributed by atoms with Gasteiger partial charge in [-0.15, -0.1) is 0 Å². The Morgan fingerprint density at radius 1 is 0.906 bits per heavy atom. The molecule has 1 N–H and O–H groups in total. The Labute approximate surface area is 185 Å². The summed E-state index contributed by atoms with van der Waals surface area (Å²) in [6, 6.07) is 20.7. The van der Waals surface area contributed by atoms with Crippen LogP contribution in [0.3, 0.4) is 0 Å². The zero-order valence-corrected chi connectivity index (χ0v) is 17.7. The second kappa shape index (κ2) is 8.47. The maximum Gasteiger partial charge on any atom is 0.278 e. The minimum Gasteiger partial charge on any atom is -0.350 e. The molecular formula is C25H21N3O4. The molecule has 0 unspecified atom stereocenters. The first-order valence-corrected chi connectivity index (χ1v) is 10.1. The molecule has 3 aromatic carbocycles. The number of rotatable bonds is 6. The van der Waals surface area contributed by atoms with Gasteiger partial charge in [-0.05, 0) is 54.3 Å². The smallest absolute Gasteiger partial charge is 0.278 e. The van der Waals surface area contributed by atoms with Gasteiger partial charge in [0.2, 0.25) is 0 Å². The molecule has 7 heteroatoms. The topological polar surface area (TPSA) is 92.6 Å². The molecule has 160 valence electrons. The zero-order valence-electron chi connectivity index (χ0n) is 17.7. The highest BCUT2D eigenvalue weighted by Gasteiger charge is 2.39. The summed E-state index contributed by atoms with van der Waals surface area (Å²) >= 11 is 0. The van der Waals surface area contributed by atoms with E-state index < -0.39 is 16.7 Å². The fourth-order valence-corrected chi connectivity index (χ4v) is 3.62. The normalized spacial score (nSPS) is 13.6. The molecule has 0 radical (unpaired) electrons. The van der Waals surface area contributed by atoms with Crippen molar-refractivity contribution >= 4 is 28.8 Å². The van der Waals surface area contributed by atoms with E-state index in [0.29, 0.717) is 5.56 Å². The molecule has 0 atom stereocenters. The van der Waals surface area contributed by atoms with Gasteiger partial charge in [0.1, 0.15) is 5.70 Å². The lowest BCUT2D eigenvalue weighted by Gasteiger charge is -2.16. The van der Waals surface area contributed by atoms with Crippen LogP contribution in [0.25, 0.3) is 5.57 Å². The third kappa shape index (κ3) is 4.00. The standard InChI is InChI=1S/C25H21N3O4/c1-16-8-9-17(2)21(14-16)26-23-22(19-10-12-20(13-11-19)28(31)32)24(29)27(25(23)30)15-18-6-4-3-5-7-18/h3-14,26H,15H2,1-2H3. The van der Waals surface area contributed by atoms with E-state index >= 15 is 0 Å². The van der Waals surface area contributed by atoms with Crippen LogP contribution in [0, 0.1) is 24.0 Å². The third-order valence-electron chi connectivity index (χ3n) is 5.37. The lowest BCUT2D eigenvalue weighted by Crippen LogP contribution is -2.32. The minimum atomic E-state index is -0.503. The molecule has 32 heavy (non-hydrogen) atoms. The van der Waals surface area contributed by atoms with E-state index in [1.165, 1.54) is 29.2 Å². The SMILES string of the molecule is Cc1ccc(C)c(NC2=C(c3ccc([N+](=O)[O-])cc3)C(=O)N(Cc3ccccc3)C2=O)c1. The van der Waals surface area contributed by atoms with Crippen molar-refractivity contribution in [3.05, 3.63) is 111 Å². The number of imide groups is 1. The Hall–Kier alpha value is -4.26. The van der Waals surface area contributed by atoms with E-state index in [2.05, 4.69) is 5.32 Å². The average molecular weight is 427 g/mol. The Balaban J connectivity index is 1.78. The number of carbonyl (C=O) groups excluding carboxylic acids is 2. The van der Waals surface area contributed by atoms with Crippen LogP contribution in [0.2, 0.25) is 0 Å². The number of hydrogen-bond donors (Lipinski definition) is 1. The number of aryl methyl sites for hydroxylation is 2. The van der Waals surface area contributed by atoms with Crippen LogP contribution in [0.1, 0.15) is 22.3 Å². The van der Waals surface area contributed by atoms with Crippen molar-refractivity contribution in [2.75, 3.05) is 5.32 Å². The van der Waals surface area contributed by atoms with Crippen molar-refractivity contribution in [2.24, 2.45) is 0 Å². The highest BCUT2D eigenvalue weighted by molar-refractivity contribution is 6.36. The Morgan fingerprint density at radius 3 is 2.25 bits per heavy atom. The van der Waals surface area contributed by atoms with Crippen molar-refractivity contribution in [1.29, 1.82) is 0 Å². The fourth-order valence-electron chi connectivity index (χ4n) is 3.62. The first-order chi connectivity index (χ1) is 15.3. The second-order valence-electron chi connectivity index (χ2n) is 7.68. The van der Waals surface area contributed by atoms with Gasteiger partial charge >= 0.3 is 0 Å². The van der Waals surface area contributed by atoms with Crippen molar-refractivity contribution in [2.45, 2.75) is 20.4 Å². The van der Waals surface area contributed by atoms with Crippen LogP contribution in [0.15, 0.2) is 78.5 Å². The highest BCUT2D eigenvalue weighted by atomic mass is 16.6. The van der Waals surface area contributed by atoms with E-state index in [-0.39, 0.29) is 23.5 Å². The molecule has 7 nitrogen and oxygen atoms in total. The van der Waals surface area contributed by atoms with Crippen molar-refractivity contribution < 1.29 is 14.5 Å². The summed E-state index contributed by atoms with van der Waals surface area (Å²) in [5.41, 5.74) is 4.19. The summed E-state index contributed by atoms with van der Waals surface area (Å²) in [5, 5.41) is 14.2. The molecule has 4 rings (SSSR count). The number of non-ortho nitro benzene ring substituents is 1. The summed E-state index contributed by atoms with van der Waals surface area (Å²) in [6.45, 7) is 3.99. The van der Waals surface area contributed by atoms with Gasteiger partial charge in [-0.2, -0.15) is 0 Å². The van der Waals surface area contributed by atoms with E-state index in [4.69, 9.17) is 0 Å². The van der Waals surface area contributed by atoms with Gasteiger partial charge in [-0.3, -0.25) is 24.6 Å². The fraction of sp³-hybridized carbons (Fsp3) is 0.120. The quantitative estimate of drug-likeness (QED) is 0.352. The summed E-state index contributed by atoms with van der Waals surface area (Å²) < 4.78 is 0. The van der Waals surface area contributed by atoms with Gasteiger partial charge < -0.3 is 5.32 Å². The lowest BCUT2D eigenvalue weighted by molar-refractivity contribution is -0.384. The van der Waals surface area contributed by atoms with Crippen LogP contribution >= 0.6 is 0 Å². The second-order valence-corrected chi connectivity index (χ2v) is 7.68. The monoisotopic (exact) mass is 427 g/mol. The number of amides is 2.